The summed E-state index contributed by atoms with van der Waals surface area (Å²) in [6, 6.07) is 29.3. The van der Waals surface area contributed by atoms with Crippen LogP contribution < -0.4 is 14.8 Å². The van der Waals surface area contributed by atoms with E-state index in [1.807, 2.05) is 24.3 Å². The van der Waals surface area contributed by atoms with Crippen molar-refractivity contribution in [3.05, 3.63) is 124 Å². The number of phenols is 1. The van der Waals surface area contributed by atoms with Gasteiger partial charge in [-0.15, -0.1) is 0 Å². The van der Waals surface area contributed by atoms with E-state index in [0.29, 0.717) is 37.7 Å². The maximum Gasteiger partial charge on any atom is 0.255 e. The third-order valence-corrected chi connectivity index (χ3v) is 10.8. The molecule has 0 aliphatic carbocycles. The minimum Gasteiger partial charge on any atom is -0.508 e. The van der Waals surface area contributed by atoms with Gasteiger partial charge in [-0.1, -0.05) is 60.4 Å². The van der Waals surface area contributed by atoms with Gasteiger partial charge >= 0.3 is 0 Å². The average Bonchev–Trinajstić information content (AvgIpc) is 3.46. The number of phenolic OH excluding ortho intramolecular Hbond substituents is 1. The molecule has 4 heterocycles. The summed E-state index contributed by atoms with van der Waals surface area (Å²) in [6.45, 7) is 4.48. The second-order valence-electron chi connectivity index (χ2n) is 14.2. The van der Waals surface area contributed by atoms with Gasteiger partial charge in [0.1, 0.15) is 29.9 Å². The summed E-state index contributed by atoms with van der Waals surface area (Å²) < 4.78 is 12.3. The first kappa shape index (κ1) is 33.5. The number of nitrogens with one attached hydrogen (secondary N) is 1. The van der Waals surface area contributed by atoms with E-state index in [1.54, 1.807) is 23.1 Å². The van der Waals surface area contributed by atoms with E-state index in [2.05, 4.69) is 70.6 Å². The summed E-state index contributed by atoms with van der Waals surface area (Å²) >= 11 is 0. The standard InChI is InChI=1S/C43H41N3O6/c47-33-13-17-36-39(23-33)52-27-37(30-8-2-1-3-9-30)41(36)31-11-14-34(15-12-31)51-21-20-45-24-29(25-45)7-5-4-6-28-10-16-35-32(22-28)26-46(43(35)50)38-18-19-40(48)44-42(38)49/h1-3,8-17,22-23,29,37-38,41,47H,5,7,18-21,24-27H2,(H,44,48,49)/t37?,38?,41-/m1/s1. The smallest absolute Gasteiger partial charge is 0.255 e. The van der Waals surface area contributed by atoms with Crippen molar-refractivity contribution in [2.45, 2.75) is 50.1 Å². The number of aromatic hydroxyl groups is 1. The Morgan fingerprint density at radius 2 is 1.75 bits per heavy atom. The zero-order chi connectivity index (χ0) is 35.6. The van der Waals surface area contributed by atoms with E-state index in [0.717, 1.165) is 60.7 Å². The maximum absolute atomic E-state index is 12.9. The lowest BCUT2D eigenvalue weighted by Gasteiger charge is -2.39. The first-order chi connectivity index (χ1) is 25.4. The van der Waals surface area contributed by atoms with E-state index < -0.39 is 11.9 Å². The summed E-state index contributed by atoms with van der Waals surface area (Å²) in [5.41, 5.74) is 5.83. The third-order valence-electron chi connectivity index (χ3n) is 10.8. The number of benzene rings is 4. The molecule has 3 amide bonds. The van der Waals surface area contributed by atoms with Gasteiger partial charge in [-0.2, -0.15) is 0 Å². The monoisotopic (exact) mass is 695 g/mol. The van der Waals surface area contributed by atoms with Gasteiger partial charge < -0.3 is 19.5 Å². The normalized spacial score (nSPS) is 21.3. The summed E-state index contributed by atoms with van der Waals surface area (Å²) in [6.07, 6.45) is 2.45. The van der Waals surface area contributed by atoms with Gasteiger partial charge in [0.15, 0.2) is 0 Å². The Kier molecular flexibility index (Phi) is 9.40. The quantitative estimate of drug-likeness (QED) is 0.173. The highest BCUT2D eigenvalue weighted by Crippen LogP contribution is 2.47. The molecule has 8 rings (SSSR count). The van der Waals surface area contributed by atoms with Crippen molar-refractivity contribution < 1.29 is 29.0 Å². The van der Waals surface area contributed by atoms with Gasteiger partial charge in [0.25, 0.3) is 5.91 Å². The zero-order valence-corrected chi connectivity index (χ0v) is 28.9. The van der Waals surface area contributed by atoms with Gasteiger partial charge in [-0.05, 0) is 71.8 Å². The topological polar surface area (TPSA) is 108 Å². The van der Waals surface area contributed by atoms with Crippen molar-refractivity contribution in [1.29, 1.82) is 0 Å². The van der Waals surface area contributed by atoms with Crippen molar-refractivity contribution in [2.75, 3.05) is 32.8 Å². The van der Waals surface area contributed by atoms with E-state index in [9.17, 15) is 19.5 Å². The Morgan fingerprint density at radius 3 is 2.56 bits per heavy atom. The largest absolute Gasteiger partial charge is 0.508 e. The number of imide groups is 1. The molecule has 4 aliphatic rings. The molecule has 4 aromatic rings. The average molecular weight is 696 g/mol. The number of amides is 3. The third kappa shape index (κ3) is 6.99. The van der Waals surface area contributed by atoms with Crippen LogP contribution in [0.5, 0.6) is 17.2 Å². The second-order valence-corrected chi connectivity index (χ2v) is 14.2. The molecule has 9 nitrogen and oxygen atoms in total. The molecule has 0 aromatic heterocycles. The van der Waals surface area contributed by atoms with Gasteiger partial charge in [0.2, 0.25) is 11.8 Å². The molecule has 0 bridgehead atoms. The lowest BCUT2D eigenvalue weighted by Crippen LogP contribution is -2.52. The molecule has 0 saturated carbocycles. The van der Waals surface area contributed by atoms with Crippen LogP contribution in [0.3, 0.4) is 0 Å². The number of nitrogens with zero attached hydrogens (tertiary/aromatic N) is 2. The van der Waals surface area contributed by atoms with Crippen molar-refractivity contribution in [3.8, 4) is 29.1 Å². The van der Waals surface area contributed by atoms with Gasteiger partial charge in [0.05, 0.1) is 6.61 Å². The Bertz CT molecular complexity index is 2050. The first-order valence-electron chi connectivity index (χ1n) is 18.1. The zero-order valence-electron chi connectivity index (χ0n) is 28.9. The minimum absolute atomic E-state index is 0.0976. The number of ether oxygens (including phenoxy) is 2. The fourth-order valence-electron chi connectivity index (χ4n) is 8.00. The number of rotatable bonds is 9. The molecule has 2 fully saturated rings. The molecule has 2 saturated heterocycles. The van der Waals surface area contributed by atoms with Crippen molar-refractivity contribution in [2.24, 2.45) is 5.92 Å². The Hall–Kier alpha value is -5.59. The number of fused-ring (bicyclic) bond motifs is 2. The number of carbonyl (C=O) groups excluding carboxylic acids is 3. The molecule has 2 N–H and O–H groups in total. The van der Waals surface area contributed by atoms with Crippen LogP contribution in [0.1, 0.15) is 75.7 Å². The van der Waals surface area contributed by atoms with Crippen molar-refractivity contribution in [1.82, 2.24) is 15.1 Å². The van der Waals surface area contributed by atoms with E-state index in [1.165, 1.54) is 11.1 Å². The van der Waals surface area contributed by atoms with Crippen LogP contribution >= 0.6 is 0 Å². The molecular weight excluding hydrogens is 654 g/mol. The van der Waals surface area contributed by atoms with Crippen LogP contribution in [0.15, 0.2) is 91.0 Å². The molecule has 4 aromatic carbocycles. The number of likely N-dealkylation sites (tertiary alicyclic amines) is 1. The molecule has 0 spiro atoms. The van der Waals surface area contributed by atoms with E-state index in [4.69, 9.17) is 9.47 Å². The first-order valence-corrected chi connectivity index (χ1v) is 18.1. The fraction of sp³-hybridized carbons (Fsp3) is 0.326. The Morgan fingerprint density at radius 1 is 0.923 bits per heavy atom. The van der Waals surface area contributed by atoms with E-state index in [-0.39, 0.29) is 35.8 Å². The molecule has 0 radical (unpaired) electrons. The summed E-state index contributed by atoms with van der Waals surface area (Å²) in [5, 5.41) is 12.4. The summed E-state index contributed by atoms with van der Waals surface area (Å²) in [4.78, 5) is 40.8. The van der Waals surface area contributed by atoms with Crippen molar-refractivity contribution in [3.63, 3.8) is 0 Å². The predicted octanol–water partition coefficient (Wildman–Crippen LogP) is 5.60. The van der Waals surface area contributed by atoms with Crippen LogP contribution in [0.2, 0.25) is 0 Å². The van der Waals surface area contributed by atoms with Gasteiger partial charge in [-0.3, -0.25) is 24.6 Å². The number of hydrogen-bond acceptors (Lipinski definition) is 7. The Balaban J connectivity index is 0.785. The highest BCUT2D eigenvalue weighted by atomic mass is 16.5. The number of carbonyl (C=O) groups is 3. The second kappa shape index (κ2) is 14.6. The molecule has 9 heteroatoms. The Labute approximate surface area is 303 Å². The van der Waals surface area contributed by atoms with Gasteiger partial charge in [-0.25, -0.2) is 0 Å². The predicted molar refractivity (Wildman–Crippen MR) is 195 cm³/mol. The molecular formula is C43H41N3O6. The lowest BCUT2D eigenvalue weighted by molar-refractivity contribution is -0.136. The lowest BCUT2D eigenvalue weighted by atomic mass is 9.76. The summed E-state index contributed by atoms with van der Waals surface area (Å²) in [7, 11) is 0. The number of piperidine rings is 1. The highest BCUT2D eigenvalue weighted by molar-refractivity contribution is 6.05. The van der Waals surface area contributed by atoms with Crippen molar-refractivity contribution >= 4 is 17.7 Å². The van der Waals surface area contributed by atoms with Crippen LogP contribution in [0.25, 0.3) is 0 Å². The van der Waals surface area contributed by atoms with Crippen LogP contribution in [-0.4, -0.2) is 71.5 Å². The molecule has 264 valence electrons. The molecule has 4 aliphatic heterocycles. The van der Waals surface area contributed by atoms with Gasteiger partial charge in [0, 0.05) is 73.6 Å². The molecule has 52 heavy (non-hydrogen) atoms. The maximum atomic E-state index is 12.9. The van der Waals surface area contributed by atoms with E-state index >= 15 is 0 Å². The SMILES string of the molecule is O=C1CCC(N2Cc3cc(C#CCCC4CN(CCOc5ccc([C@@H]6c7ccc(O)cc7OCC6c6ccccc6)cc5)C4)ccc3C2=O)C(=O)N1. The fourth-order valence-corrected chi connectivity index (χ4v) is 8.00. The van der Waals surface area contributed by atoms with Crippen LogP contribution in [0, 0.1) is 17.8 Å². The van der Waals surface area contributed by atoms with Crippen LogP contribution in [0.4, 0.5) is 0 Å². The summed E-state index contributed by atoms with van der Waals surface area (Å²) in [5.74, 6) is 8.37. The molecule has 3 atom stereocenters. The van der Waals surface area contributed by atoms with Crippen LogP contribution in [-0.2, 0) is 16.1 Å². The minimum atomic E-state index is -0.610. The highest BCUT2D eigenvalue weighted by Gasteiger charge is 2.39. The number of hydrogen-bond donors (Lipinski definition) is 2. The molecule has 2 unspecified atom stereocenters.